The number of nitrogens with one attached hydrogen (secondary N) is 1. The lowest BCUT2D eigenvalue weighted by atomic mass is 10.2. The van der Waals surface area contributed by atoms with Gasteiger partial charge in [-0.25, -0.2) is 4.99 Å². The van der Waals surface area contributed by atoms with E-state index in [-0.39, 0.29) is 42.4 Å². The molecular formula is C22H30IN5O3. The minimum atomic E-state index is 0. The first-order valence-electron chi connectivity index (χ1n) is 9.93. The van der Waals surface area contributed by atoms with Gasteiger partial charge in [0.2, 0.25) is 5.91 Å². The van der Waals surface area contributed by atoms with Gasteiger partial charge in [-0.15, -0.1) is 24.0 Å². The second kappa shape index (κ2) is 12.2. The number of nitrogens with zero attached hydrogens (tertiary/aromatic N) is 3. The monoisotopic (exact) mass is 539 g/mol. The summed E-state index contributed by atoms with van der Waals surface area (Å²) in [5, 5.41) is 2.91. The van der Waals surface area contributed by atoms with Crippen LogP contribution < -0.4 is 25.4 Å². The molecule has 0 radical (unpaired) electrons. The molecule has 1 aliphatic heterocycles. The highest BCUT2D eigenvalue weighted by Crippen LogP contribution is 2.27. The van der Waals surface area contributed by atoms with E-state index in [4.69, 9.17) is 15.2 Å². The highest BCUT2D eigenvalue weighted by molar-refractivity contribution is 14.0. The van der Waals surface area contributed by atoms with Crippen molar-refractivity contribution in [2.24, 2.45) is 10.7 Å². The van der Waals surface area contributed by atoms with Gasteiger partial charge in [0.15, 0.2) is 17.5 Å². The molecule has 1 fully saturated rings. The highest BCUT2D eigenvalue weighted by atomic mass is 127. The maximum Gasteiger partial charge on any atom is 0.242 e. The molecule has 31 heavy (non-hydrogen) atoms. The quantitative estimate of drug-likeness (QED) is 0.318. The molecule has 0 bridgehead atoms. The SMILES string of the molecule is COc1ccc(CN=C(N)NCC(=O)N2CCN(c3ccccc3)CC2)cc1OC.I. The second-order valence-electron chi connectivity index (χ2n) is 6.95. The molecule has 0 unspecified atom stereocenters. The summed E-state index contributed by atoms with van der Waals surface area (Å²) < 4.78 is 10.5. The van der Waals surface area contributed by atoms with Crippen LogP contribution in [-0.2, 0) is 11.3 Å². The predicted octanol–water partition coefficient (Wildman–Crippen LogP) is 2.07. The Morgan fingerprint density at radius 3 is 2.35 bits per heavy atom. The number of benzene rings is 2. The van der Waals surface area contributed by atoms with E-state index in [9.17, 15) is 4.79 Å². The Morgan fingerprint density at radius 1 is 1.03 bits per heavy atom. The summed E-state index contributed by atoms with van der Waals surface area (Å²) in [4.78, 5) is 20.9. The summed E-state index contributed by atoms with van der Waals surface area (Å²) in [7, 11) is 3.18. The number of aliphatic imine (C=N–C) groups is 1. The number of carbonyl (C=O) groups is 1. The normalized spacial score (nSPS) is 13.9. The lowest BCUT2D eigenvalue weighted by molar-refractivity contribution is -0.130. The van der Waals surface area contributed by atoms with Crippen LogP contribution in [0.25, 0.3) is 0 Å². The van der Waals surface area contributed by atoms with E-state index >= 15 is 0 Å². The van der Waals surface area contributed by atoms with Gasteiger partial charge < -0.3 is 30.3 Å². The Hall–Kier alpha value is -2.69. The van der Waals surface area contributed by atoms with Crippen molar-refractivity contribution in [1.82, 2.24) is 10.2 Å². The van der Waals surface area contributed by atoms with Gasteiger partial charge in [0.25, 0.3) is 0 Å². The zero-order chi connectivity index (χ0) is 21.3. The third-order valence-corrected chi connectivity index (χ3v) is 5.05. The fourth-order valence-corrected chi connectivity index (χ4v) is 3.34. The smallest absolute Gasteiger partial charge is 0.242 e. The van der Waals surface area contributed by atoms with Crippen molar-refractivity contribution in [3.05, 3.63) is 54.1 Å². The molecule has 8 nitrogen and oxygen atoms in total. The first-order valence-corrected chi connectivity index (χ1v) is 9.93. The topological polar surface area (TPSA) is 92.4 Å². The Bertz CT molecular complexity index is 871. The number of carbonyl (C=O) groups excluding carboxylic acids is 1. The number of methoxy groups -OCH3 is 2. The molecule has 2 aromatic rings. The van der Waals surface area contributed by atoms with E-state index in [1.807, 2.05) is 41.3 Å². The number of hydrogen-bond donors (Lipinski definition) is 2. The number of anilines is 1. The molecule has 3 rings (SSSR count). The van der Waals surface area contributed by atoms with Crippen molar-refractivity contribution in [3.8, 4) is 11.5 Å². The standard InChI is InChI=1S/C22H29N5O3.HI/c1-29-19-9-8-17(14-20(19)30-2)15-24-22(23)25-16-21(28)27-12-10-26(11-13-27)18-6-4-3-5-7-18;/h3-9,14H,10-13,15-16H2,1-2H3,(H3,23,24,25);1H. The van der Waals surface area contributed by atoms with Crippen molar-refractivity contribution in [3.63, 3.8) is 0 Å². The number of nitrogens with two attached hydrogens (primary N) is 1. The molecule has 0 atom stereocenters. The molecule has 1 heterocycles. The van der Waals surface area contributed by atoms with E-state index in [1.165, 1.54) is 5.69 Å². The molecule has 0 aromatic heterocycles. The fourth-order valence-electron chi connectivity index (χ4n) is 3.34. The molecular weight excluding hydrogens is 509 g/mol. The zero-order valence-corrected chi connectivity index (χ0v) is 20.2. The molecule has 168 valence electrons. The summed E-state index contributed by atoms with van der Waals surface area (Å²) in [6, 6.07) is 15.8. The molecule has 0 saturated carbocycles. The lowest BCUT2D eigenvalue weighted by Gasteiger charge is -2.36. The van der Waals surface area contributed by atoms with E-state index in [2.05, 4.69) is 27.3 Å². The number of rotatable bonds is 7. The molecule has 1 amide bonds. The zero-order valence-electron chi connectivity index (χ0n) is 17.9. The van der Waals surface area contributed by atoms with Crippen LogP contribution in [-0.4, -0.2) is 63.7 Å². The third-order valence-electron chi connectivity index (χ3n) is 5.05. The van der Waals surface area contributed by atoms with Crippen LogP contribution in [0, 0.1) is 0 Å². The van der Waals surface area contributed by atoms with Crippen LogP contribution in [0.5, 0.6) is 11.5 Å². The van der Waals surface area contributed by atoms with Gasteiger partial charge in [-0.1, -0.05) is 24.3 Å². The summed E-state index contributed by atoms with van der Waals surface area (Å²) in [6.45, 7) is 3.53. The van der Waals surface area contributed by atoms with Crippen molar-refractivity contribution in [2.45, 2.75) is 6.54 Å². The number of guanidine groups is 1. The number of ether oxygens (including phenoxy) is 2. The van der Waals surface area contributed by atoms with E-state index in [0.717, 1.165) is 18.7 Å². The molecule has 0 spiro atoms. The summed E-state index contributed by atoms with van der Waals surface area (Å²) >= 11 is 0. The molecule has 0 aliphatic carbocycles. The van der Waals surface area contributed by atoms with Crippen molar-refractivity contribution >= 4 is 41.5 Å². The largest absolute Gasteiger partial charge is 0.493 e. The van der Waals surface area contributed by atoms with Gasteiger partial charge in [0, 0.05) is 31.9 Å². The van der Waals surface area contributed by atoms with Crippen LogP contribution in [0.1, 0.15) is 5.56 Å². The Balaban J connectivity index is 0.00000341. The Labute approximate surface area is 200 Å². The Kier molecular flexibility index (Phi) is 9.70. The van der Waals surface area contributed by atoms with Crippen molar-refractivity contribution in [1.29, 1.82) is 0 Å². The maximum absolute atomic E-state index is 12.5. The maximum atomic E-state index is 12.5. The minimum Gasteiger partial charge on any atom is -0.493 e. The van der Waals surface area contributed by atoms with Crippen molar-refractivity contribution in [2.75, 3.05) is 51.8 Å². The van der Waals surface area contributed by atoms with Crippen LogP contribution in [0.2, 0.25) is 0 Å². The van der Waals surface area contributed by atoms with Gasteiger partial charge in [0.05, 0.1) is 27.3 Å². The number of para-hydroxylation sites is 1. The predicted molar refractivity (Wildman–Crippen MR) is 134 cm³/mol. The van der Waals surface area contributed by atoms with Crippen LogP contribution >= 0.6 is 24.0 Å². The third kappa shape index (κ3) is 6.91. The first kappa shape index (κ1) is 24.6. The first-order chi connectivity index (χ1) is 14.6. The van der Waals surface area contributed by atoms with Crippen molar-refractivity contribution < 1.29 is 14.3 Å². The van der Waals surface area contributed by atoms with Gasteiger partial charge in [-0.3, -0.25) is 4.79 Å². The van der Waals surface area contributed by atoms with E-state index in [0.29, 0.717) is 31.1 Å². The summed E-state index contributed by atoms with van der Waals surface area (Å²) in [6.07, 6.45) is 0. The molecule has 3 N–H and O–H groups in total. The van der Waals surface area contributed by atoms with Gasteiger partial charge in [-0.2, -0.15) is 0 Å². The summed E-state index contributed by atoms with van der Waals surface area (Å²) in [5.41, 5.74) is 8.05. The molecule has 1 aliphatic rings. The van der Waals surface area contributed by atoms with Gasteiger partial charge in [0.1, 0.15) is 0 Å². The van der Waals surface area contributed by atoms with Crippen LogP contribution in [0.4, 0.5) is 5.69 Å². The molecule has 2 aromatic carbocycles. The number of halogens is 1. The van der Waals surface area contributed by atoms with Crippen LogP contribution in [0.15, 0.2) is 53.5 Å². The van der Waals surface area contributed by atoms with Crippen LogP contribution in [0.3, 0.4) is 0 Å². The average Bonchev–Trinajstić information content (AvgIpc) is 2.81. The minimum absolute atomic E-state index is 0. The van der Waals surface area contributed by atoms with Gasteiger partial charge in [-0.05, 0) is 29.8 Å². The number of piperazine rings is 1. The average molecular weight is 539 g/mol. The Morgan fingerprint density at radius 2 is 1.71 bits per heavy atom. The van der Waals surface area contributed by atoms with E-state index in [1.54, 1.807) is 14.2 Å². The fraction of sp³-hybridized carbons (Fsp3) is 0.364. The molecule has 1 saturated heterocycles. The number of hydrogen-bond acceptors (Lipinski definition) is 5. The van der Waals surface area contributed by atoms with Gasteiger partial charge >= 0.3 is 0 Å². The lowest BCUT2D eigenvalue weighted by Crippen LogP contribution is -2.51. The molecule has 9 heteroatoms. The van der Waals surface area contributed by atoms with E-state index < -0.39 is 0 Å². The number of amides is 1. The highest BCUT2D eigenvalue weighted by Gasteiger charge is 2.21. The summed E-state index contributed by atoms with van der Waals surface area (Å²) in [5.74, 6) is 1.56. The second-order valence-corrected chi connectivity index (χ2v) is 6.95.